The standard InChI is InChI=1S/C22H23N5O2/c1-14-12-17(22(29)27(2)18-11-7-6-10-16(14)18)23-21(28)20-24-19(25-26-20)13-15-8-4-3-5-9-15/h3-11,14,17H,12-13H2,1-2H3,(H,23,28)(H,24,25,26)/t14?,17-/m0/s1. The molecule has 2 N–H and O–H groups in total. The van der Waals surface area contributed by atoms with Crippen molar-refractivity contribution in [1.29, 1.82) is 0 Å². The van der Waals surface area contributed by atoms with E-state index in [0.29, 0.717) is 18.7 Å². The van der Waals surface area contributed by atoms with Crippen LogP contribution in [0.25, 0.3) is 0 Å². The lowest BCUT2D eigenvalue weighted by Gasteiger charge is -2.21. The largest absolute Gasteiger partial charge is 0.337 e. The highest BCUT2D eigenvalue weighted by atomic mass is 16.2. The summed E-state index contributed by atoms with van der Waals surface area (Å²) in [5.41, 5.74) is 3.05. The van der Waals surface area contributed by atoms with Gasteiger partial charge < -0.3 is 15.2 Å². The van der Waals surface area contributed by atoms with E-state index >= 15 is 0 Å². The number of aromatic nitrogens is 3. The summed E-state index contributed by atoms with van der Waals surface area (Å²) < 4.78 is 0. The molecule has 3 aromatic rings. The molecule has 29 heavy (non-hydrogen) atoms. The molecule has 7 nitrogen and oxygen atoms in total. The number of hydrogen-bond acceptors (Lipinski definition) is 4. The minimum absolute atomic E-state index is 0.112. The van der Waals surface area contributed by atoms with Gasteiger partial charge in [0, 0.05) is 19.2 Å². The van der Waals surface area contributed by atoms with Gasteiger partial charge in [-0.15, -0.1) is 10.2 Å². The zero-order chi connectivity index (χ0) is 20.4. The molecule has 0 saturated carbocycles. The summed E-state index contributed by atoms with van der Waals surface area (Å²) in [6, 6.07) is 17.0. The predicted octanol–water partition coefficient (Wildman–Crippen LogP) is 2.66. The maximum atomic E-state index is 12.9. The lowest BCUT2D eigenvalue weighted by molar-refractivity contribution is -0.120. The average molecular weight is 389 g/mol. The van der Waals surface area contributed by atoms with Gasteiger partial charge in [-0.25, -0.2) is 0 Å². The molecule has 1 aliphatic rings. The van der Waals surface area contributed by atoms with Crippen LogP contribution in [0.3, 0.4) is 0 Å². The van der Waals surface area contributed by atoms with Crippen LogP contribution in [0, 0.1) is 0 Å². The fraction of sp³-hybridized carbons (Fsp3) is 0.273. The van der Waals surface area contributed by atoms with Gasteiger partial charge in [0.1, 0.15) is 11.9 Å². The second kappa shape index (κ2) is 7.87. The lowest BCUT2D eigenvalue weighted by atomic mass is 9.94. The van der Waals surface area contributed by atoms with E-state index in [2.05, 4.69) is 27.4 Å². The van der Waals surface area contributed by atoms with Crippen LogP contribution in [0.2, 0.25) is 0 Å². The van der Waals surface area contributed by atoms with Crippen LogP contribution in [0.4, 0.5) is 5.69 Å². The van der Waals surface area contributed by atoms with Gasteiger partial charge in [-0.05, 0) is 29.5 Å². The third-order valence-corrected chi connectivity index (χ3v) is 5.32. The first-order valence-electron chi connectivity index (χ1n) is 9.65. The number of hydrogen-bond donors (Lipinski definition) is 2. The summed E-state index contributed by atoms with van der Waals surface area (Å²) in [4.78, 5) is 30.2. The van der Waals surface area contributed by atoms with Crippen LogP contribution in [0.1, 0.15) is 46.8 Å². The molecule has 1 unspecified atom stereocenters. The van der Waals surface area contributed by atoms with Gasteiger partial charge in [0.2, 0.25) is 11.7 Å². The van der Waals surface area contributed by atoms with Crippen molar-refractivity contribution in [2.45, 2.75) is 31.7 Å². The van der Waals surface area contributed by atoms with Crippen LogP contribution in [-0.4, -0.2) is 40.1 Å². The third kappa shape index (κ3) is 3.89. The van der Waals surface area contributed by atoms with E-state index < -0.39 is 11.9 Å². The first-order valence-corrected chi connectivity index (χ1v) is 9.65. The molecule has 2 atom stereocenters. The van der Waals surface area contributed by atoms with Crippen LogP contribution in [-0.2, 0) is 11.2 Å². The van der Waals surface area contributed by atoms with Crippen LogP contribution in [0.5, 0.6) is 0 Å². The molecule has 0 fully saturated rings. The van der Waals surface area contributed by atoms with Crippen molar-refractivity contribution in [2.75, 3.05) is 11.9 Å². The Morgan fingerprint density at radius 2 is 1.86 bits per heavy atom. The molecule has 0 spiro atoms. The maximum absolute atomic E-state index is 12.9. The number of fused-ring (bicyclic) bond motifs is 1. The Morgan fingerprint density at radius 1 is 1.14 bits per heavy atom. The second-order valence-corrected chi connectivity index (χ2v) is 7.40. The summed E-state index contributed by atoms with van der Waals surface area (Å²) in [6.45, 7) is 2.07. The molecule has 148 valence electrons. The third-order valence-electron chi connectivity index (χ3n) is 5.32. The van der Waals surface area contributed by atoms with Gasteiger partial charge in [-0.2, -0.15) is 0 Å². The van der Waals surface area contributed by atoms with E-state index in [-0.39, 0.29) is 17.6 Å². The van der Waals surface area contributed by atoms with Crippen molar-refractivity contribution in [2.24, 2.45) is 0 Å². The van der Waals surface area contributed by atoms with E-state index in [1.165, 1.54) is 0 Å². The number of nitrogens with one attached hydrogen (secondary N) is 2. The molecular weight excluding hydrogens is 366 g/mol. The van der Waals surface area contributed by atoms with Gasteiger partial charge in [-0.1, -0.05) is 55.5 Å². The van der Waals surface area contributed by atoms with Gasteiger partial charge in [0.05, 0.1) is 0 Å². The van der Waals surface area contributed by atoms with E-state index in [1.54, 1.807) is 11.9 Å². The normalized spacial score (nSPS) is 18.8. The number of para-hydroxylation sites is 1. The molecular formula is C22H23N5O2. The summed E-state index contributed by atoms with van der Waals surface area (Å²) in [6.07, 6.45) is 1.08. The average Bonchev–Trinajstić information content (AvgIpc) is 3.18. The number of benzene rings is 2. The SMILES string of the molecule is CC1C[C@H](NC(=O)c2nnc(Cc3ccccc3)[nH]2)C(=O)N(C)c2ccccc21. The number of amides is 2. The first kappa shape index (κ1) is 18.9. The Bertz CT molecular complexity index is 1030. The number of H-pyrrole nitrogens is 1. The van der Waals surface area contributed by atoms with E-state index in [0.717, 1.165) is 16.8 Å². The number of aromatic amines is 1. The molecule has 4 rings (SSSR count). The number of likely N-dealkylation sites (N-methyl/N-ethyl adjacent to an activating group) is 1. The molecule has 0 saturated heterocycles. The van der Waals surface area contributed by atoms with Crippen LogP contribution < -0.4 is 10.2 Å². The summed E-state index contributed by atoms with van der Waals surface area (Å²) in [5.74, 6) is 0.280. The second-order valence-electron chi connectivity index (χ2n) is 7.40. The van der Waals surface area contributed by atoms with Gasteiger partial charge in [-0.3, -0.25) is 9.59 Å². The first-order chi connectivity index (χ1) is 14.0. The van der Waals surface area contributed by atoms with Crippen molar-refractivity contribution in [3.05, 3.63) is 77.4 Å². The van der Waals surface area contributed by atoms with E-state index in [9.17, 15) is 9.59 Å². The molecule has 0 aliphatic carbocycles. The fourth-order valence-electron chi connectivity index (χ4n) is 3.76. The highest BCUT2D eigenvalue weighted by Gasteiger charge is 2.33. The summed E-state index contributed by atoms with van der Waals surface area (Å²) in [7, 11) is 1.74. The Hall–Kier alpha value is -3.48. The summed E-state index contributed by atoms with van der Waals surface area (Å²) >= 11 is 0. The highest BCUT2D eigenvalue weighted by molar-refractivity contribution is 6.02. The quantitative estimate of drug-likeness (QED) is 0.718. The van der Waals surface area contributed by atoms with E-state index in [1.807, 2.05) is 54.6 Å². The fourth-order valence-corrected chi connectivity index (χ4v) is 3.76. The topological polar surface area (TPSA) is 91.0 Å². The summed E-state index contributed by atoms with van der Waals surface area (Å²) in [5, 5.41) is 10.9. The minimum atomic E-state index is -0.627. The number of rotatable bonds is 4. The number of anilines is 1. The minimum Gasteiger partial charge on any atom is -0.337 e. The van der Waals surface area contributed by atoms with Gasteiger partial charge >= 0.3 is 0 Å². The van der Waals surface area contributed by atoms with Crippen molar-refractivity contribution in [1.82, 2.24) is 20.5 Å². The Labute approximate surface area is 169 Å². The van der Waals surface area contributed by atoms with Gasteiger partial charge in [0.15, 0.2) is 0 Å². The smallest absolute Gasteiger partial charge is 0.289 e. The molecule has 2 heterocycles. The zero-order valence-electron chi connectivity index (χ0n) is 16.4. The molecule has 1 aromatic heterocycles. The lowest BCUT2D eigenvalue weighted by Crippen LogP contribution is -2.47. The zero-order valence-corrected chi connectivity index (χ0v) is 16.4. The van der Waals surface area contributed by atoms with Gasteiger partial charge in [0.25, 0.3) is 5.91 Å². The molecule has 7 heteroatoms. The molecule has 1 aliphatic heterocycles. The monoisotopic (exact) mass is 389 g/mol. The molecule has 2 amide bonds. The maximum Gasteiger partial charge on any atom is 0.289 e. The Kier molecular flexibility index (Phi) is 5.12. The van der Waals surface area contributed by atoms with Crippen molar-refractivity contribution in [3.63, 3.8) is 0 Å². The molecule has 2 aromatic carbocycles. The van der Waals surface area contributed by atoms with Crippen molar-refractivity contribution >= 4 is 17.5 Å². The van der Waals surface area contributed by atoms with Crippen molar-refractivity contribution < 1.29 is 9.59 Å². The Morgan fingerprint density at radius 3 is 2.66 bits per heavy atom. The predicted molar refractivity (Wildman–Crippen MR) is 110 cm³/mol. The molecule has 0 bridgehead atoms. The highest BCUT2D eigenvalue weighted by Crippen LogP contribution is 2.33. The number of carbonyl (C=O) groups excluding carboxylic acids is 2. The van der Waals surface area contributed by atoms with Crippen LogP contribution >= 0.6 is 0 Å². The number of nitrogens with zero attached hydrogens (tertiary/aromatic N) is 3. The van der Waals surface area contributed by atoms with Crippen LogP contribution in [0.15, 0.2) is 54.6 Å². The number of carbonyl (C=O) groups is 2. The van der Waals surface area contributed by atoms with Crippen molar-refractivity contribution in [3.8, 4) is 0 Å². The Balaban J connectivity index is 1.48. The molecule has 0 radical (unpaired) electrons. The van der Waals surface area contributed by atoms with E-state index in [4.69, 9.17) is 0 Å².